The zero-order valence-corrected chi connectivity index (χ0v) is 13.4. The van der Waals surface area contributed by atoms with E-state index in [1.165, 1.54) is 0 Å². The van der Waals surface area contributed by atoms with Crippen molar-refractivity contribution in [3.05, 3.63) is 29.3 Å². The molecule has 1 atom stereocenters. The number of carbonyl (C=O) groups is 1. The largest absolute Gasteiger partial charge is 0.324 e. The van der Waals surface area contributed by atoms with Crippen molar-refractivity contribution < 1.29 is 4.79 Å². The molecular weight excluding hydrogens is 262 g/mol. The number of carbonyl (C=O) groups excluding carboxylic acids is 1. The number of nitrogens with zero attached hydrogens (tertiary/aromatic N) is 1. The maximum absolute atomic E-state index is 12.4. The number of rotatable bonds is 6. The summed E-state index contributed by atoms with van der Waals surface area (Å²) in [6.07, 6.45) is 2.21. The van der Waals surface area contributed by atoms with E-state index in [-0.39, 0.29) is 5.91 Å². The van der Waals surface area contributed by atoms with Crippen molar-refractivity contribution in [1.82, 2.24) is 10.2 Å². The van der Waals surface area contributed by atoms with Crippen LogP contribution < -0.4 is 10.6 Å². The Balaban J connectivity index is 1.98. The molecule has 1 fully saturated rings. The molecule has 0 aromatic heterocycles. The number of anilines is 1. The molecule has 2 rings (SSSR count). The van der Waals surface area contributed by atoms with Gasteiger partial charge in [0.25, 0.3) is 0 Å². The maximum atomic E-state index is 12.4. The minimum Gasteiger partial charge on any atom is -0.324 e. The van der Waals surface area contributed by atoms with E-state index in [0.717, 1.165) is 49.3 Å². The van der Waals surface area contributed by atoms with Gasteiger partial charge in [-0.2, -0.15) is 0 Å². The van der Waals surface area contributed by atoms with Gasteiger partial charge in [-0.1, -0.05) is 25.1 Å². The van der Waals surface area contributed by atoms with Crippen molar-refractivity contribution in [1.29, 1.82) is 0 Å². The predicted octanol–water partition coefficient (Wildman–Crippen LogP) is 2.32. The summed E-state index contributed by atoms with van der Waals surface area (Å²) in [6.45, 7) is 9.75. The van der Waals surface area contributed by atoms with Crippen LogP contribution in [0, 0.1) is 13.8 Å². The highest BCUT2D eigenvalue weighted by Crippen LogP contribution is 2.19. The molecule has 1 heterocycles. The Morgan fingerprint density at radius 2 is 2.10 bits per heavy atom. The van der Waals surface area contributed by atoms with Crippen molar-refractivity contribution >= 4 is 11.6 Å². The molecule has 0 radical (unpaired) electrons. The Hall–Kier alpha value is -1.39. The summed E-state index contributed by atoms with van der Waals surface area (Å²) < 4.78 is 0. The Kier molecular flexibility index (Phi) is 5.76. The van der Waals surface area contributed by atoms with Crippen LogP contribution in [0.5, 0.6) is 0 Å². The van der Waals surface area contributed by atoms with Gasteiger partial charge in [-0.05, 0) is 50.9 Å². The zero-order valence-electron chi connectivity index (χ0n) is 13.4. The number of hydrogen-bond acceptors (Lipinski definition) is 3. The van der Waals surface area contributed by atoms with Crippen LogP contribution in [0.3, 0.4) is 0 Å². The lowest BCUT2D eigenvalue weighted by atomic mass is 10.1. The summed E-state index contributed by atoms with van der Waals surface area (Å²) in [5, 5.41) is 6.47. The number of benzene rings is 1. The molecule has 1 saturated heterocycles. The fourth-order valence-electron chi connectivity index (χ4n) is 3.00. The van der Waals surface area contributed by atoms with Crippen molar-refractivity contribution in [2.45, 2.75) is 39.7 Å². The van der Waals surface area contributed by atoms with Gasteiger partial charge in [-0.15, -0.1) is 0 Å². The van der Waals surface area contributed by atoms with E-state index in [2.05, 4.69) is 22.5 Å². The van der Waals surface area contributed by atoms with Crippen LogP contribution in [0.1, 0.15) is 30.9 Å². The number of hydrogen-bond donors (Lipinski definition) is 2. The number of nitrogens with one attached hydrogen (secondary N) is 2. The normalized spacial score (nSPS) is 18.2. The summed E-state index contributed by atoms with van der Waals surface area (Å²) in [4.78, 5) is 14.7. The summed E-state index contributed by atoms with van der Waals surface area (Å²) in [7, 11) is 0. The smallest absolute Gasteiger partial charge is 0.238 e. The Bertz CT molecular complexity index is 461. The quantitative estimate of drug-likeness (QED) is 0.845. The second-order valence-corrected chi connectivity index (χ2v) is 5.93. The van der Waals surface area contributed by atoms with E-state index in [9.17, 15) is 4.79 Å². The molecule has 1 aliphatic rings. The van der Waals surface area contributed by atoms with Crippen LogP contribution in [-0.2, 0) is 4.79 Å². The van der Waals surface area contributed by atoms with Gasteiger partial charge in [0.05, 0.1) is 6.54 Å². The molecule has 0 aliphatic carbocycles. The fourth-order valence-corrected chi connectivity index (χ4v) is 3.00. The lowest BCUT2D eigenvalue weighted by Gasteiger charge is -2.27. The van der Waals surface area contributed by atoms with Crippen LogP contribution in [0.15, 0.2) is 18.2 Å². The SMILES string of the molecule is CCCN(CC(=O)Nc1c(C)cccc1C)C1CCNC1. The van der Waals surface area contributed by atoms with Gasteiger partial charge < -0.3 is 10.6 Å². The first-order chi connectivity index (χ1) is 10.1. The van der Waals surface area contributed by atoms with E-state index in [1.54, 1.807) is 0 Å². The van der Waals surface area contributed by atoms with Crippen LogP contribution in [0.25, 0.3) is 0 Å². The summed E-state index contributed by atoms with van der Waals surface area (Å²) in [6, 6.07) is 6.59. The third kappa shape index (κ3) is 4.29. The minimum absolute atomic E-state index is 0.0905. The van der Waals surface area contributed by atoms with Gasteiger partial charge >= 0.3 is 0 Å². The van der Waals surface area contributed by atoms with Gasteiger partial charge in [0.2, 0.25) is 5.91 Å². The fraction of sp³-hybridized carbons (Fsp3) is 0.588. The maximum Gasteiger partial charge on any atom is 0.238 e. The van der Waals surface area contributed by atoms with E-state index in [4.69, 9.17) is 0 Å². The van der Waals surface area contributed by atoms with Gasteiger partial charge in [0, 0.05) is 18.3 Å². The molecule has 1 aromatic rings. The first-order valence-corrected chi connectivity index (χ1v) is 7.92. The molecule has 0 spiro atoms. The third-order valence-electron chi connectivity index (χ3n) is 4.15. The van der Waals surface area contributed by atoms with Crippen LogP contribution in [-0.4, -0.2) is 43.0 Å². The molecule has 116 valence electrons. The number of aryl methyl sites for hydroxylation is 2. The first kappa shape index (κ1) is 16.0. The summed E-state index contributed by atoms with van der Waals surface area (Å²) in [5.41, 5.74) is 3.20. The highest BCUT2D eigenvalue weighted by atomic mass is 16.2. The second kappa shape index (κ2) is 7.57. The van der Waals surface area contributed by atoms with Crippen molar-refractivity contribution in [2.24, 2.45) is 0 Å². The van der Waals surface area contributed by atoms with Gasteiger partial charge in [-0.25, -0.2) is 0 Å². The Labute approximate surface area is 127 Å². The Morgan fingerprint density at radius 3 is 2.67 bits per heavy atom. The van der Waals surface area contributed by atoms with E-state index >= 15 is 0 Å². The lowest BCUT2D eigenvalue weighted by molar-refractivity contribution is -0.117. The zero-order chi connectivity index (χ0) is 15.2. The number of para-hydroxylation sites is 1. The molecule has 1 aromatic carbocycles. The summed E-state index contributed by atoms with van der Waals surface area (Å²) >= 11 is 0. The van der Waals surface area contributed by atoms with Gasteiger partial charge in [0.15, 0.2) is 0 Å². The molecule has 2 N–H and O–H groups in total. The molecule has 0 saturated carbocycles. The molecule has 0 bridgehead atoms. The average molecular weight is 289 g/mol. The third-order valence-corrected chi connectivity index (χ3v) is 4.15. The van der Waals surface area contributed by atoms with Gasteiger partial charge in [-0.3, -0.25) is 9.69 Å². The Morgan fingerprint density at radius 1 is 1.38 bits per heavy atom. The van der Waals surface area contributed by atoms with E-state index < -0.39 is 0 Å². The molecular formula is C17H27N3O. The highest BCUT2D eigenvalue weighted by molar-refractivity contribution is 5.93. The first-order valence-electron chi connectivity index (χ1n) is 7.92. The molecule has 21 heavy (non-hydrogen) atoms. The van der Waals surface area contributed by atoms with Gasteiger partial charge in [0.1, 0.15) is 0 Å². The monoisotopic (exact) mass is 289 g/mol. The van der Waals surface area contributed by atoms with E-state index in [1.807, 2.05) is 32.0 Å². The molecule has 4 heteroatoms. The van der Waals surface area contributed by atoms with Crippen molar-refractivity contribution in [3.63, 3.8) is 0 Å². The predicted molar refractivity (Wildman–Crippen MR) is 87.7 cm³/mol. The average Bonchev–Trinajstić information content (AvgIpc) is 2.97. The molecule has 1 unspecified atom stereocenters. The standard InChI is InChI=1S/C17H27N3O/c1-4-10-20(15-8-9-18-11-15)12-16(21)19-17-13(2)6-5-7-14(17)3/h5-7,15,18H,4,8-12H2,1-3H3,(H,19,21). The van der Waals surface area contributed by atoms with Crippen LogP contribution in [0.2, 0.25) is 0 Å². The van der Waals surface area contributed by atoms with Crippen LogP contribution in [0.4, 0.5) is 5.69 Å². The van der Waals surface area contributed by atoms with E-state index in [0.29, 0.717) is 12.6 Å². The molecule has 4 nitrogen and oxygen atoms in total. The lowest BCUT2D eigenvalue weighted by Crippen LogP contribution is -2.42. The second-order valence-electron chi connectivity index (χ2n) is 5.93. The summed E-state index contributed by atoms with van der Waals surface area (Å²) in [5.74, 6) is 0.0905. The molecule has 1 amide bonds. The number of amides is 1. The minimum atomic E-state index is 0.0905. The molecule has 1 aliphatic heterocycles. The van der Waals surface area contributed by atoms with Crippen LogP contribution >= 0.6 is 0 Å². The van der Waals surface area contributed by atoms with Crippen molar-refractivity contribution in [3.8, 4) is 0 Å². The van der Waals surface area contributed by atoms with Crippen molar-refractivity contribution in [2.75, 3.05) is 31.5 Å². The highest BCUT2D eigenvalue weighted by Gasteiger charge is 2.23. The topological polar surface area (TPSA) is 44.4 Å².